The topological polar surface area (TPSA) is 175 Å². The summed E-state index contributed by atoms with van der Waals surface area (Å²) < 4.78 is 9.53. The summed E-state index contributed by atoms with van der Waals surface area (Å²) in [7, 11) is 2.57. The Bertz CT molecular complexity index is 2490. The van der Waals surface area contributed by atoms with Gasteiger partial charge < -0.3 is 39.9 Å². The Hall–Kier alpha value is -6.44. The van der Waals surface area contributed by atoms with Gasteiger partial charge in [0, 0.05) is 24.0 Å². The highest BCUT2D eigenvalue weighted by Gasteiger charge is 2.31. The molecule has 0 spiro atoms. The van der Waals surface area contributed by atoms with Gasteiger partial charge in [-0.3, -0.25) is 9.59 Å². The maximum absolute atomic E-state index is 13.6. The summed E-state index contributed by atoms with van der Waals surface area (Å²) >= 11 is 0. The first-order valence-corrected chi connectivity index (χ1v) is 20.6. The molecule has 2 unspecified atom stereocenters. The number of nitrogens with zero attached hydrogens (tertiary/aromatic N) is 4. The Balaban J connectivity index is 1.19. The van der Waals surface area contributed by atoms with E-state index < -0.39 is 24.3 Å². The molecule has 4 amide bonds. The van der Waals surface area contributed by atoms with E-state index in [0.717, 1.165) is 67.8 Å². The number of aromatic nitrogens is 4. The van der Waals surface area contributed by atoms with Gasteiger partial charge >= 0.3 is 12.2 Å². The number of aromatic amines is 2. The molecule has 0 aliphatic heterocycles. The van der Waals surface area contributed by atoms with Crippen LogP contribution in [0.4, 0.5) is 9.59 Å². The lowest BCUT2D eigenvalue weighted by Crippen LogP contribution is -2.51. The van der Waals surface area contributed by atoms with E-state index in [0.29, 0.717) is 24.7 Å². The van der Waals surface area contributed by atoms with Crippen molar-refractivity contribution in [1.82, 2.24) is 40.4 Å². The third kappa shape index (κ3) is 9.70. The summed E-state index contributed by atoms with van der Waals surface area (Å²) in [5.74, 6) is 0.712. The van der Waals surface area contributed by atoms with Gasteiger partial charge in [-0.25, -0.2) is 19.6 Å². The number of hydrogen-bond donors (Lipinski definition) is 4. The highest BCUT2D eigenvalue weighted by Crippen LogP contribution is 2.32. The molecule has 60 heavy (non-hydrogen) atoms. The van der Waals surface area contributed by atoms with Gasteiger partial charge in [0.05, 0.1) is 50.2 Å². The molecule has 4 N–H and O–H groups in total. The quantitative estimate of drug-likeness (QED) is 0.0757. The second kappa shape index (κ2) is 19.1. The zero-order chi connectivity index (χ0) is 43.1. The number of fused-ring (bicyclic) bond motifs is 4. The molecular weight excluding hydrogens is 761 g/mol. The lowest BCUT2D eigenvalue weighted by molar-refractivity contribution is -0.135. The SMILES string of the molecule is CCCN(Cc1ncc(-c2ccc3cc(-c4ccc5c(ccc6nc(CN(CCC)C(=O)C(NC(=O)OC)C(C)C)[nH]c65)c4)ccc3c2)[nH]1)C(=O)C(NC(=O)OC)C(C)C. The van der Waals surface area contributed by atoms with Gasteiger partial charge in [-0.2, -0.15) is 0 Å². The lowest BCUT2D eigenvalue weighted by atomic mass is 9.97. The predicted molar refractivity (Wildman–Crippen MR) is 234 cm³/mol. The smallest absolute Gasteiger partial charge is 0.407 e. The van der Waals surface area contributed by atoms with Gasteiger partial charge in [0.15, 0.2) is 0 Å². The summed E-state index contributed by atoms with van der Waals surface area (Å²) in [5, 5.41) is 9.63. The molecule has 0 radical (unpaired) electrons. The van der Waals surface area contributed by atoms with Crippen molar-refractivity contribution >= 4 is 56.6 Å². The van der Waals surface area contributed by atoms with Crippen LogP contribution in [0.15, 0.2) is 72.9 Å². The molecule has 6 rings (SSSR count). The van der Waals surface area contributed by atoms with E-state index >= 15 is 0 Å². The third-order valence-electron chi connectivity index (χ3n) is 10.7. The first-order chi connectivity index (χ1) is 28.8. The molecule has 4 aromatic carbocycles. The Morgan fingerprint density at radius 1 is 0.650 bits per heavy atom. The Morgan fingerprint density at radius 3 is 1.70 bits per heavy atom. The van der Waals surface area contributed by atoms with E-state index in [4.69, 9.17) is 14.5 Å². The number of alkyl carbamates (subject to hydrolysis) is 2. The fourth-order valence-corrected chi connectivity index (χ4v) is 7.53. The number of methoxy groups -OCH3 is 2. The van der Waals surface area contributed by atoms with Crippen LogP contribution in [0.25, 0.3) is 55.0 Å². The molecule has 14 heteroatoms. The minimum absolute atomic E-state index is 0.124. The minimum Gasteiger partial charge on any atom is -0.453 e. The van der Waals surface area contributed by atoms with Crippen LogP contribution in [-0.2, 0) is 32.2 Å². The number of H-pyrrole nitrogens is 2. The van der Waals surface area contributed by atoms with E-state index in [1.165, 1.54) is 14.2 Å². The number of imidazole rings is 2. The normalized spacial score (nSPS) is 12.5. The molecule has 0 aliphatic rings. The molecule has 0 bridgehead atoms. The van der Waals surface area contributed by atoms with Crippen molar-refractivity contribution in [3.8, 4) is 22.4 Å². The maximum atomic E-state index is 13.6. The number of rotatable bonds is 16. The molecule has 6 aromatic rings. The zero-order valence-electron chi connectivity index (χ0n) is 35.7. The van der Waals surface area contributed by atoms with Crippen molar-refractivity contribution in [2.24, 2.45) is 11.8 Å². The maximum Gasteiger partial charge on any atom is 0.407 e. The molecule has 2 aromatic heterocycles. The summed E-state index contributed by atoms with van der Waals surface area (Å²) in [5.41, 5.74) is 5.70. The first kappa shape index (κ1) is 43.1. The monoisotopic (exact) mass is 816 g/mol. The molecule has 316 valence electrons. The van der Waals surface area contributed by atoms with E-state index in [-0.39, 0.29) is 36.7 Å². The molecule has 2 heterocycles. The molecule has 0 saturated carbocycles. The van der Waals surface area contributed by atoms with Gasteiger partial charge in [0.2, 0.25) is 11.8 Å². The van der Waals surface area contributed by atoms with Gasteiger partial charge in [-0.15, -0.1) is 0 Å². The fourth-order valence-electron chi connectivity index (χ4n) is 7.53. The Labute approximate surface area is 350 Å². The first-order valence-electron chi connectivity index (χ1n) is 20.6. The summed E-state index contributed by atoms with van der Waals surface area (Å²) in [6, 6.07) is 21.8. The number of benzene rings is 4. The fraction of sp³-hybridized carbons (Fsp3) is 0.391. The van der Waals surface area contributed by atoms with Gasteiger partial charge in [-0.1, -0.05) is 84.0 Å². The van der Waals surface area contributed by atoms with E-state index in [1.807, 2.05) is 47.6 Å². The molecule has 0 saturated heterocycles. The number of ether oxygens (including phenoxy) is 2. The predicted octanol–water partition coefficient (Wildman–Crippen LogP) is 8.16. The van der Waals surface area contributed by atoms with Crippen LogP contribution in [0, 0.1) is 11.8 Å². The van der Waals surface area contributed by atoms with Crippen molar-refractivity contribution in [2.45, 2.75) is 79.6 Å². The van der Waals surface area contributed by atoms with Crippen LogP contribution in [0.2, 0.25) is 0 Å². The van der Waals surface area contributed by atoms with Crippen LogP contribution in [0.1, 0.15) is 66.0 Å². The molecule has 2 atom stereocenters. The van der Waals surface area contributed by atoms with Gasteiger partial charge in [0.1, 0.15) is 23.7 Å². The average molecular weight is 817 g/mol. The summed E-state index contributed by atoms with van der Waals surface area (Å²) in [6.45, 7) is 13.2. The van der Waals surface area contributed by atoms with Crippen LogP contribution in [0.5, 0.6) is 0 Å². The minimum atomic E-state index is -0.718. The summed E-state index contributed by atoms with van der Waals surface area (Å²) in [6.07, 6.45) is 2.02. The van der Waals surface area contributed by atoms with Gasteiger partial charge in [0.25, 0.3) is 0 Å². The van der Waals surface area contributed by atoms with Crippen LogP contribution in [-0.4, -0.2) is 93.1 Å². The second-order valence-corrected chi connectivity index (χ2v) is 15.8. The van der Waals surface area contributed by atoms with Crippen LogP contribution >= 0.6 is 0 Å². The van der Waals surface area contributed by atoms with Crippen molar-refractivity contribution in [3.63, 3.8) is 0 Å². The highest BCUT2D eigenvalue weighted by molar-refractivity contribution is 6.05. The molecule has 14 nitrogen and oxygen atoms in total. The summed E-state index contributed by atoms with van der Waals surface area (Å²) in [4.78, 5) is 70.9. The second-order valence-electron chi connectivity index (χ2n) is 15.8. The number of hydrogen-bond acceptors (Lipinski definition) is 8. The van der Waals surface area contributed by atoms with Crippen LogP contribution < -0.4 is 10.6 Å². The number of amides is 4. The highest BCUT2D eigenvalue weighted by atomic mass is 16.5. The van der Waals surface area contributed by atoms with E-state index in [9.17, 15) is 19.2 Å². The molecule has 0 aliphatic carbocycles. The number of carbonyl (C=O) groups excluding carboxylic acids is 4. The molecular formula is C46H56N8O6. The van der Waals surface area contributed by atoms with Crippen LogP contribution in [0.3, 0.4) is 0 Å². The molecule has 0 fully saturated rings. The zero-order valence-corrected chi connectivity index (χ0v) is 35.7. The van der Waals surface area contributed by atoms with Gasteiger partial charge in [-0.05, 0) is 76.2 Å². The average Bonchev–Trinajstić information content (AvgIpc) is 3.90. The van der Waals surface area contributed by atoms with Crippen molar-refractivity contribution in [2.75, 3.05) is 27.3 Å². The number of nitrogens with one attached hydrogen (secondary N) is 4. The van der Waals surface area contributed by atoms with Crippen molar-refractivity contribution in [3.05, 3.63) is 84.6 Å². The number of carbonyl (C=O) groups is 4. The van der Waals surface area contributed by atoms with Crippen molar-refractivity contribution in [1.29, 1.82) is 0 Å². The third-order valence-corrected chi connectivity index (χ3v) is 10.7. The van der Waals surface area contributed by atoms with E-state index in [2.05, 4.69) is 86.2 Å². The lowest BCUT2D eigenvalue weighted by Gasteiger charge is -2.28. The van der Waals surface area contributed by atoms with E-state index in [1.54, 1.807) is 16.0 Å². The Kier molecular flexibility index (Phi) is 13.7. The standard InChI is InChI=1S/C46H56N8O6/c1-9-19-53(43(55)40(27(3)4)51-45(57)59-7)25-38-47-24-37(49-38)34-14-13-30-21-29(11-12-31(30)23-34)32-15-17-35-33(22-32)16-18-36-42(35)50-39(48-36)26-54(20-10-2)44(56)41(28(5)6)52-46(58)60-8/h11-18,21-24,27-28,40-41H,9-10,19-20,25-26H2,1-8H3,(H,47,49)(H,48,50)(H,51,57)(H,52,58). The largest absolute Gasteiger partial charge is 0.453 e. The van der Waals surface area contributed by atoms with Crippen molar-refractivity contribution < 1.29 is 28.7 Å². The Morgan fingerprint density at radius 2 is 1.15 bits per heavy atom.